The second kappa shape index (κ2) is 2.25. The molecular weight excluding hydrogens is 187 g/mol. The molecule has 0 saturated heterocycles. The van der Waals surface area contributed by atoms with E-state index in [2.05, 4.69) is 0 Å². The molecule has 0 aliphatic heterocycles. The Morgan fingerprint density at radius 3 is 2.36 bits per heavy atom. The fraction of sp³-hybridized carbons (Fsp3) is 1.00. The van der Waals surface area contributed by atoms with Crippen molar-refractivity contribution in [3.05, 3.63) is 0 Å². The fourth-order valence-electron chi connectivity index (χ4n) is 2.01. The van der Waals surface area contributed by atoms with Gasteiger partial charge in [-0.2, -0.15) is 0 Å². The highest BCUT2D eigenvalue weighted by atomic mass is 35.5. The van der Waals surface area contributed by atoms with E-state index in [0.717, 1.165) is 6.42 Å². The molecule has 0 aromatic carbocycles. The molecule has 0 aromatic rings. The van der Waals surface area contributed by atoms with Crippen LogP contribution in [-0.4, -0.2) is 26.8 Å². The molecule has 0 radical (unpaired) electrons. The Morgan fingerprint density at radius 2 is 1.82 bits per heavy atom. The van der Waals surface area contributed by atoms with Crippen LogP contribution in [0.25, 0.3) is 0 Å². The van der Waals surface area contributed by atoms with E-state index < -0.39 is 16.5 Å². The first kappa shape index (κ1) is 8.11. The van der Waals surface area contributed by atoms with Gasteiger partial charge in [0.25, 0.3) is 0 Å². The molecule has 2 nitrogen and oxygen atoms in total. The lowest BCUT2D eigenvalue weighted by Gasteiger charge is -2.21. The van der Waals surface area contributed by atoms with Crippen LogP contribution in [0.5, 0.6) is 0 Å². The molecule has 2 aliphatic carbocycles. The lowest BCUT2D eigenvalue weighted by atomic mass is 9.95. The van der Waals surface area contributed by atoms with Gasteiger partial charge in [-0.25, -0.2) is 0 Å². The Bertz CT molecular complexity index is 183. The maximum atomic E-state index is 9.40. The van der Waals surface area contributed by atoms with Crippen molar-refractivity contribution < 1.29 is 10.2 Å². The zero-order valence-electron chi connectivity index (χ0n) is 5.87. The Hall–Kier alpha value is 0.500. The average Bonchev–Trinajstić information content (AvgIpc) is 2.46. The minimum Gasteiger partial charge on any atom is -0.390 e. The zero-order chi connectivity index (χ0) is 8.22. The normalized spacial score (nSPS) is 53.5. The summed E-state index contributed by atoms with van der Waals surface area (Å²) in [5, 5.41) is 18.6. The van der Waals surface area contributed by atoms with E-state index in [1.165, 1.54) is 0 Å². The van der Waals surface area contributed by atoms with Crippen LogP contribution in [0, 0.1) is 11.8 Å². The number of alkyl halides is 2. The van der Waals surface area contributed by atoms with Crippen LogP contribution in [0.4, 0.5) is 0 Å². The summed E-state index contributed by atoms with van der Waals surface area (Å²) in [5.41, 5.74) is 0. The van der Waals surface area contributed by atoms with Gasteiger partial charge in [-0.3, -0.25) is 0 Å². The lowest BCUT2D eigenvalue weighted by molar-refractivity contribution is -0.0175. The van der Waals surface area contributed by atoms with Gasteiger partial charge >= 0.3 is 0 Å². The third-order valence-corrected chi connectivity index (χ3v) is 3.86. The predicted molar refractivity (Wildman–Crippen MR) is 42.7 cm³/mol. The van der Waals surface area contributed by atoms with Crippen molar-refractivity contribution in [3.8, 4) is 0 Å². The Kier molecular flexibility index (Phi) is 1.66. The van der Waals surface area contributed by atoms with Crippen LogP contribution in [0.1, 0.15) is 12.8 Å². The number of fused-ring (bicyclic) bond motifs is 1. The fourth-order valence-corrected chi connectivity index (χ4v) is 2.94. The van der Waals surface area contributed by atoms with Crippen molar-refractivity contribution >= 4 is 23.2 Å². The van der Waals surface area contributed by atoms with Gasteiger partial charge in [0, 0.05) is 11.8 Å². The zero-order valence-corrected chi connectivity index (χ0v) is 7.39. The second-order valence-corrected chi connectivity index (χ2v) is 4.89. The third kappa shape index (κ3) is 1.00. The summed E-state index contributed by atoms with van der Waals surface area (Å²) in [6, 6.07) is 0. The van der Waals surface area contributed by atoms with Crippen LogP contribution in [0.3, 0.4) is 0 Å². The third-order valence-electron chi connectivity index (χ3n) is 2.80. The minimum atomic E-state index is -0.767. The summed E-state index contributed by atoms with van der Waals surface area (Å²) >= 11 is 11.7. The first-order chi connectivity index (χ1) is 5.05. The summed E-state index contributed by atoms with van der Waals surface area (Å²) in [5.74, 6) is 0.0961. The Balaban J connectivity index is 2.12. The van der Waals surface area contributed by atoms with E-state index in [1.807, 2.05) is 0 Å². The van der Waals surface area contributed by atoms with Gasteiger partial charge in [-0.05, 0) is 12.8 Å². The molecule has 4 atom stereocenters. The molecule has 2 N–H and O–H groups in total. The molecule has 4 heteroatoms. The maximum absolute atomic E-state index is 9.40. The first-order valence-corrected chi connectivity index (χ1v) is 4.54. The minimum absolute atomic E-state index is 0.102. The lowest BCUT2D eigenvalue weighted by Crippen LogP contribution is -2.32. The highest BCUT2D eigenvalue weighted by molar-refractivity contribution is 6.51. The van der Waals surface area contributed by atoms with Gasteiger partial charge in [-0.15, -0.1) is 23.2 Å². The highest BCUT2D eigenvalue weighted by Crippen LogP contribution is 2.65. The van der Waals surface area contributed by atoms with Gasteiger partial charge in [-0.1, -0.05) is 0 Å². The molecule has 0 spiro atoms. The second-order valence-electron chi connectivity index (χ2n) is 3.44. The monoisotopic (exact) mass is 196 g/mol. The quantitative estimate of drug-likeness (QED) is 0.567. The number of hydrogen-bond donors (Lipinski definition) is 2. The van der Waals surface area contributed by atoms with Crippen molar-refractivity contribution in [3.63, 3.8) is 0 Å². The molecular formula is C7H10Cl2O2. The molecule has 0 bridgehead atoms. The molecule has 2 aliphatic rings. The van der Waals surface area contributed by atoms with E-state index in [9.17, 15) is 10.2 Å². The molecule has 2 saturated carbocycles. The van der Waals surface area contributed by atoms with Crippen molar-refractivity contribution in [2.45, 2.75) is 29.4 Å². The number of aliphatic hydroxyl groups is 2. The topological polar surface area (TPSA) is 40.5 Å². The largest absolute Gasteiger partial charge is 0.390 e. The standard InChI is InChI=1S/C7H10Cl2O2/c8-7(9)3-1-2-4(10)6(11)5(3)7/h3-6,10-11H,1-2H2. The van der Waals surface area contributed by atoms with E-state index in [-0.39, 0.29) is 11.8 Å². The Morgan fingerprint density at radius 1 is 1.18 bits per heavy atom. The summed E-state index contributed by atoms with van der Waals surface area (Å²) in [6.45, 7) is 0. The van der Waals surface area contributed by atoms with Gasteiger partial charge in [0.1, 0.15) is 4.33 Å². The summed E-state index contributed by atoms with van der Waals surface area (Å²) in [7, 11) is 0. The van der Waals surface area contributed by atoms with Crippen molar-refractivity contribution in [2.24, 2.45) is 11.8 Å². The van der Waals surface area contributed by atoms with Crippen LogP contribution in [-0.2, 0) is 0 Å². The van der Waals surface area contributed by atoms with Crippen molar-refractivity contribution in [1.29, 1.82) is 0 Å². The SMILES string of the molecule is OC1CCC2C(C1O)C2(Cl)Cl. The molecule has 2 fully saturated rings. The molecule has 0 heterocycles. The van der Waals surface area contributed by atoms with Gasteiger partial charge in [0.2, 0.25) is 0 Å². The van der Waals surface area contributed by atoms with Crippen molar-refractivity contribution in [2.75, 3.05) is 0 Å². The number of aliphatic hydroxyl groups excluding tert-OH is 2. The van der Waals surface area contributed by atoms with Gasteiger partial charge in [0.15, 0.2) is 0 Å². The van der Waals surface area contributed by atoms with Crippen LogP contribution in [0.15, 0.2) is 0 Å². The van der Waals surface area contributed by atoms with E-state index in [1.54, 1.807) is 0 Å². The maximum Gasteiger partial charge on any atom is 0.127 e. The van der Waals surface area contributed by atoms with E-state index >= 15 is 0 Å². The van der Waals surface area contributed by atoms with E-state index in [0.29, 0.717) is 6.42 Å². The molecule has 2 rings (SSSR count). The van der Waals surface area contributed by atoms with Crippen LogP contribution < -0.4 is 0 Å². The van der Waals surface area contributed by atoms with Gasteiger partial charge in [0.05, 0.1) is 12.2 Å². The smallest absolute Gasteiger partial charge is 0.127 e. The molecule has 11 heavy (non-hydrogen) atoms. The van der Waals surface area contributed by atoms with Crippen LogP contribution in [0.2, 0.25) is 0 Å². The van der Waals surface area contributed by atoms with Crippen LogP contribution >= 0.6 is 23.2 Å². The first-order valence-electron chi connectivity index (χ1n) is 3.79. The van der Waals surface area contributed by atoms with E-state index in [4.69, 9.17) is 23.2 Å². The number of halogens is 2. The molecule has 0 amide bonds. The molecule has 0 aromatic heterocycles. The number of rotatable bonds is 0. The van der Waals surface area contributed by atoms with Gasteiger partial charge < -0.3 is 10.2 Å². The summed E-state index contributed by atoms with van der Waals surface area (Å²) in [6.07, 6.45) is 0.0961. The molecule has 4 unspecified atom stereocenters. The highest BCUT2D eigenvalue weighted by Gasteiger charge is 2.68. The average molecular weight is 197 g/mol. The number of hydrogen-bond acceptors (Lipinski definition) is 2. The van der Waals surface area contributed by atoms with Crippen molar-refractivity contribution in [1.82, 2.24) is 0 Å². The summed E-state index contributed by atoms with van der Waals surface area (Å²) in [4.78, 5) is 0. The Labute approximate surface area is 75.1 Å². The molecule has 64 valence electrons. The predicted octanol–water partition coefficient (Wildman–Crippen LogP) is 0.922. The summed E-state index contributed by atoms with van der Waals surface area (Å²) < 4.78 is -0.767.